The smallest absolute Gasteiger partial charge is 0.326 e. The van der Waals surface area contributed by atoms with Crippen LogP contribution in [0.5, 0.6) is 0 Å². The highest BCUT2D eigenvalue weighted by Gasteiger charge is 2.29. The molecule has 0 bridgehead atoms. The second-order valence-corrected chi connectivity index (χ2v) is 7.42. The topological polar surface area (TPSA) is 171 Å². The van der Waals surface area contributed by atoms with Crippen LogP contribution in [0.3, 0.4) is 0 Å². The number of thioether (sulfide) groups is 1. The molecule has 10 nitrogen and oxygen atoms in total. The van der Waals surface area contributed by atoms with E-state index in [9.17, 15) is 29.4 Å². The highest BCUT2D eigenvalue weighted by Crippen LogP contribution is 2.06. The third-order valence-corrected chi connectivity index (χ3v) is 4.80. The van der Waals surface area contributed by atoms with Crippen LogP contribution in [0.4, 0.5) is 0 Å². The highest BCUT2D eigenvalue weighted by atomic mass is 32.2. The zero-order chi connectivity index (χ0) is 22.5. The van der Waals surface area contributed by atoms with Crippen molar-refractivity contribution in [3.63, 3.8) is 0 Å². The first-order valence-electron chi connectivity index (χ1n) is 9.29. The minimum atomic E-state index is -1.29. The molecule has 0 aliphatic carbocycles. The van der Waals surface area contributed by atoms with Gasteiger partial charge in [-0.3, -0.25) is 14.4 Å². The Hall–Kier alpha value is -2.63. The minimum absolute atomic E-state index is 0.0935. The van der Waals surface area contributed by atoms with E-state index < -0.39 is 48.4 Å². The van der Waals surface area contributed by atoms with Gasteiger partial charge in [0.05, 0.1) is 13.2 Å². The van der Waals surface area contributed by atoms with Crippen LogP contribution in [-0.2, 0) is 25.6 Å². The summed E-state index contributed by atoms with van der Waals surface area (Å²) in [5.74, 6) is -2.75. The van der Waals surface area contributed by atoms with Crippen LogP contribution in [0.25, 0.3) is 0 Å². The number of carboxylic acid groups (broad SMARTS) is 1. The summed E-state index contributed by atoms with van der Waals surface area (Å²) in [4.78, 5) is 48.2. The average molecular weight is 441 g/mol. The predicted octanol–water partition coefficient (Wildman–Crippen LogP) is -1.53. The van der Waals surface area contributed by atoms with Gasteiger partial charge in [-0.15, -0.1) is 0 Å². The number of nitrogens with two attached hydrogens (primary N) is 1. The number of hydrogen-bond donors (Lipinski definition) is 6. The number of aliphatic carboxylic acids is 1. The van der Waals surface area contributed by atoms with E-state index in [4.69, 9.17) is 5.73 Å². The van der Waals surface area contributed by atoms with E-state index in [2.05, 4.69) is 16.0 Å². The summed E-state index contributed by atoms with van der Waals surface area (Å²) in [6.07, 6.45) is 2.14. The Labute approximate surface area is 179 Å². The molecule has 1 aromatic rings. The van der Waals surface area contributed by atoms with Crippen molar-refractivity contribution in [2.75, 3.05) is 25.2 Å². The van der Waals surface area contributed by atoms with Crippen molar-refractivity contribution in [2.45, 2.75) is 31.0 Å². The molecular weight excluding hydrogens is 412 g/mol. The fraction of sp³-hybridized carbons (Fsp3) is 0.474. The molecule has 0 spiro atoms. The van der Waals surface area contributed by atoms with E-state index >= 15 is 0 Å². The van der Waals surface area contributed by atoms with E-state index in [1.54, 1.807) is 30.3 Å². The third-order valence-electron chi connectivity index (χ3n) is 4.16. The maximum absolute atomic E-state index is 12.8. The van der Waals surface area contributed by atoms with Crippen molar-refractivity contribution < 1.29 is 29.4 Å². The van der Waals surface area contributed by atoms with Gasteiger partial charge in [-0.05, 0) is 24.0 Å². The van der Waals surface area contributed by atoms with Crippen molar-refractivity contribution in [2.24, 2.45) is 5.73 Å². The summed E-state index contributed by atoms with van der Waals surface area (Å²) in [7, 11) is 0. The Bertz CT molecular complexity index is 718. The Morgan fingerprint density at radius 2 is 1.60 bits per heavy atom. The number of benzene rings is 1. The van der Waals surface area contributed by atoms with Gasteiger partial charge in [-0.25, -0.2) is 4.79 Å². The molecule has 3 atom stereocenters. The van der Waals surface area contributed by atoms with Crippen molar-refractivity contribution in [3.8, 4) is 0 Å². The molecule has 0 radical (unpaired) electrons. The molecule has 166 valence electrons. The zero-order valence-electron chi connectivity index (χ0n) is 16.7. The monoisotopic (exact) mass is 440 g/mol. The summed E-state index contributed by atoms with van der Waals surface area (Å²) < 4.78 is 0. The molecule has 3 amide bonds. The van der Waals surface area contributed by atoms with Crippen molar-refractivity contribution in [1.29, 1.82) is 0 Å². The minimum Gasteiger partial charge on any atom is -0.480 e. The second-order valence-electron chi connectivity index (χ2n) is 6.44. The number of aliphatic hydroxyl groups excluding tert-OH is 1. The first kappa shape index (κ1) is 25.4. The molecule has 0 heterocycles. The van der Waals surface area contributed by atoms with Gasteiger partial charge in [-0.2, -0.15) is 11.8 Å². The van der Waals surface area contributed by atoms with Crippen LogP contribution in [0, 0.1) is 0 Å². The predicted molar refractivity (Wildman–Crippen MR) is 113 cm³/mol. The normalized spacial score (nSPS) is 13.6. The number of carboxylic acids is 1. The van der Waals surface area contributed by atoms with Crippen molar-refractivity contribution in [1.82, 2.24) is 16.0 Å². The molecule has 0 fully saturated rings. The molecule has 0 aliphatic heterocycles. The summed E-state index contributed by atoms with van der Waals surface area (Å²) in [6, 6.07) is 5.34. The van der Waals surface area contributed by atoms with Crippen molar-refractivity contribution in [3.05, 3.63) is 35.9 Å². The molecule has 0 aromatic heterocycles. The standard InChI is InChI=1S/C19H28N4O6S/c1-30-8-7-13(19(28)29)22-17(26)14(9-12-5-3-2-4-6-12)23-18(27)15(11-24)21-16(25)10-20/h2-6,13-15,24H,7-11,20H2,1H3,(H,21,25)(H,22,26)(H,23,27)(H,28,29). The molecule has 7 N–H and O–H groups in total. The largest absolute Gasteiger partial charge is 0.480 e. The first-order chi connectivity index (χ1) is 14.3. The number of carbonyl (C=O) groups excluding carboxylic acids is 3. The van der Waals surface area contributed by atoms with Crippen LogP contribution < -0.4 is 21.7 Å². The van der Waals surface area contributed by atoms with E-state index in [0.717, 1.165) is 5.56 Å². The lowest BCUT2D eigenvalue weighted by molar-refractivity contribution is -0.142. The lowest BCUT2D eigenvalue weighted by Gasteiger charge is -2.24. The van der Waals surface area contributed by atoms with Gasteiger partial charge >= 0.3 is 5.97 Å². The first-order valence-corrected chi connectivity index (χ1v) is 10.7. The molecule has 1 aromatic carbocycles. The molecule has 11 heteroatoms. The average Bonchev–Trinajstić information content (AvgIpc) is 2.74. The van der Waals surface area contributed by atoms with Gasteiger partial charge in [0.2, 0.25) is 17.7 Å². The molecule has 0 saturated heterocycles. The SMILES string of the molecule is CSCCC(NC(=O)C(Cc1ccccc1)NC(=O)C(CO)NC(=O)CN)C(=O)O. The third kappa shape index (κ3) is 8.80. The fourth-order valence-corrected chi connectivity index (χ4v) is 3.02. The van der Waals surface area contributed by atoms with Crippen LogP contribution in [0.1, 0.15) is 12.0 Å². The van der Waals surface area contributed by atoms with E-state index in [1.807, 2.05) is 6.26 Å². The Kier molecular flexibility index (Phi) is 11.5. The molecule has 3 unspecified atom stereocenters. The van der Waals surface area contributed by atoms with Crippen molar-refractivity contribution >= 4 is 35.5 Å². The summed E-state index contributed by atoms with van der Waals surface area (Å²) in [5.41, 5.74) is 5.94. The highest BCUT2D eigenvalue weighted by molar-refractivity contribution is 7.98. The van der Waals surface area contributed by atoms with E-state index in [1.165, 1.54) is 11.8 Å². The molecule has 30 heavy (non-hydrogen) atoms. The summed E-state index contributed by atoms with van der Waals surface area (Å²) in [5, 5.41) is 25.9. The van der Waals surface area contributed by atoms with Gasteiger partial charge in [0.15, 0.2) is 0 Å². The van der Waals surface area contributed by atoms with Gasteiger partial charge in [0, 0.05) is 6.42 Å². The molecule has 0 saturated carbocycles. The van der Waals surface area contributed by atoms with Crippen LogP contribution in [-0.4, -0.2) is 77.2 Å². The number of aliphatic hydroxyl groups is 1. The quantitative estimate of drug-likeness (QED) is 0.214. The van der Waals surface area contributed by atoms with Gasteiger partial charge in [0.25, 0.3) is 0 Å². The van der Waals surface area contributed by atoms with Gasteiger partial charge in [0.1, 0.15) is 18.1 Å². The lowest BCUT2D eigenvalue weighted by atomic mass is 10.0. The Morgan fingerprint density at radius 3 is 2.13 bits per heavy atom. The van der Waals surface area contributed by atoms with E-state index in [-0.39, 0.29) is 19.4 Å². The lowest BCUT2D eigenvalue weighted by Crippen LogP contribution is -2.57. The zero-order valence-corrected chi connectivity index (χ0v) is 17.5. The number of carbonyl (C=O) groups is 4. The van der Waals surface area contributed by atoms with Gasteiger partial charge < -0.3 is 31.9 Å². The number of nitrogens with one attached hydrogen (secondary N) is 3. The number of rotatable bonds is 13. The van der Waals surface area contributed by atoms with Crippen LogP contribution in [0.2, 0.25) is 0 Å². The number of amides is 3. The van der Waals surface area contributed by atoms with E-state index in [0.29, 0.717) is 5.75 Å². The van der Waals surface area contributed by atoms with Gasteiger partial charge in [-0.1, -0.05) is 30.3 Å². The summed E-state index contributed by atoms with van der Waals surface area (Å²) in [6.45, 7) is -1.06. The maximum Gasteiger partial charge on any atom is 0.326 e. The van der Waals surface area contributed by atoms with Crippen LogP contribution in [0.15, 0.2) is 30.3 Å². The maximum atomic E-state index is 12.8. The fourth-order valence-electron chi connectivity index (χ4n) is 2.54. The Morgan fingerprint density at radius 1 is 1.00 bits per heavy atom. The Balaban J connectivity index is 2.97. The number of hydrogen-bond acceptors (Lipinski definition) is 7. The summed E-state index contributed by atoms with van der Waals surface area (Å²) >= 11 is 1.45. The molecule has 1 rings (SSSR count). The van der Waals surface area contributed by atoms with Crippen LogP contribution >= 0.6 is 11.8 Å². The molecular formula is C19H28N4O6S. The second kappa shape index (κ2) is 13.6. The molecule has 0 aliphatic rings.